The van der Waals surface area contributed by atoms with Gasteiger partial charge in [0, 0.05) is 0 Å². The lowest BCUT2D eigenvalue weighted by molar-refractivity contribution is -0.118. The molecule has 74 valence electrons. The van der Waals surface area contributed by atoms with E-state index < -0.39 is 0 Å². The van der Waals surface area contributed by atoms with Crippen LogP contribution in [0.4, 0.5) is 0 Å². The van der Waals surface area contributed by atoms with Crippen molar-refractivity contribution >= 4 is 5.78 Å². The SMILES string of the molecule is CCc1ccccc1C1COCC1=O. The van der Waals surface area contributed by atoms with Gasteiger partial charge in [-0.3, -0.25) is 4.79 Å². The normalized spacial score (nSPS) is 21.5. The molecule has 1 aromatic carbocycles. The second-order valence-electron chi connectivity index (χ2n) is 3.59. The van der Waals surface area contributed by atoms with Crippen LogP contribution in [0.1, 0.15) is 24.0 Å². The second-order valence-corrected chi connectivity index (χ2v) is 3.59. The van der Waals surface area contributed by atoms with E-state index in [1.165, 1.54) is 5.56 Å². The Kier molecular flexibility index (Phi) is 2.64. The predicted octanol–water partition coefficient (Wildman–Crippen LogP) is 1.93. The molecule has 2 heteroatoms. The minimum atomic E-state index is -0.0221. The summed E-state index contributed by atoms with van der Waals surface area (Å²) in [5.74, 6) is 0.192. The molecule has 0 saturated carbocycles. The number of ketones is 1. The topological polar surface area (TPSA) is 26.3 Å². The fourth-order valence-corrected chi connectivity index (χ4v) is 1.93. The van der Waals surface area contributed by atoms with Gasteiger partial charge >= 0.3 is 0 Å². The quantitative estimate of drug-likeness (QED) is 0.712. The van der Waals surface area contributed by atoms with E-state index in [0.29, 0.717) is 6.61 Å². The molecule has 1 saturated heterocycles. The van der Waals surface area contributed by atoms with Gasteiger partial charge in [-0.25, -0.2) is 0 Å². The fourth-order valence-electron chi connectivity index (χ4n) is 1.93. The van der Waals surface area contributed by atoms with Crippen molar-refractivity contribution < 1.29 is 9.53 Å². The molecule has 1 atom stereocenters. The number of carbonyl (C=O) groups is 1. The number of aryl methyl sites for hydroxylation is 1. The molecular weight excluding hydrogens is 176 g/mol. The van der Waals surface area contributed by atoms with Crippen LogP contribution in [0.15, 0.2) is 24.3 Å². The Labute approximate surface area is 83.9 Å². The highest BCUT2D eigenvalue weighted by Crippen LogP contribution is 2.25. The van der Waals surface area contributed by atoms with E-state index in [2.05, 4.69) is 13.0 Å². The van der Waals surface area contributed by atoms with Gasteiger partial charge in [-0.1, -0.05) is 31.2 Å². The van der Waals surface area contributed by atoms with E-state index in [4.69, 9.17) is 4.74 Å². The minimum Gasteiger partial charge on any atom is -0.373 e. The summed E-state index contributed by atoms with van der Waals surface area (Å²) in [7, 11) is 0. The van der Waals surface area contributed by atoms with Crippen LogP contribution in [-0.4, -0.2) is 19.0 Å². The van der Waals surface area contributed by atoms with Gasteiger partial charge in [0.05, 0.1) is 12.5 Å². The van der Waals surface area contributed by atoms with Crippen molar-refractivity contribution in [2.75, 3.05) is 13.2 Å². The highest BCUT2D eigenvalue weighted by molar-refractivity contribution is 5.88. The molecule has 14 heavy (non-hydrogen) atoms. The van der Waals surface area contributed by atoms with Gasteiger partial charge in [0.25, 0.3) is 0 Å². The molecule has 0 amide bonds. The first-order valence-corrected chi connectivity index (χ1v) is 5.01. The van der Waals surface area contributed by atoms with Crippen molar-refractivity contribution in [1.82, 2.24) is 0 Å². The highest BCUT2D eigenvalue weighted by Gasteiger charge is 2.27. The summed E-state index contributed by atoms with van der Waals surface area (Å²) in [5, 5.41) is 0. The van der Waals surface area contributed by atoms with E-state index >= 15 is 0 Å². The predicted molar refractivity (Wildman–Crippen MR) is 54.4 cm³/mol. The molecule has 0 aliphatic carbocycles. The lowest BCUT2D eigenvalue weighted by atomic mass is 9.92. The minimum absolute atomic E-state index is 0.0221. The number of hydrogen-bond donors (Lipinski definition) is 0. The molecule has 0 N–H and O–H groups in total. The Morgan fingerprint density at radius 1 is 1.43 bits per heavy atom. The molecule has 1 aliphatic rings. The van der Waals surface area contributed by atoms with Gasteiger partial charge in [0.1, 0.15) is 6.61 Å². The van der Waals surface area contributed by atoms with E-state index in [9.17, 15) is 4.79 Å². The van der Waals surface area contributed by atoms with Gasteiger partial charge in [0.15, 0.2) is 5.78 Å². The van der Waals surface area contributed by atoms with Crippen LogP contribution >= 0.6 is 0 Å². The highest BCUT2D eigenvalue weighted by atomic mass is 16.5. The largest absolute Gasteiger partial charge is 0.373 e. The van der Waals surface area contributed by atoms with Gasteiger partial charge in [-0.15, -0.1) is 0 Å². The van der Waals surface area contributed by atoms with Crippen molar-refractivity contribution in [3.63, 3.8) is 0 Å². The third-order valence-electron chi connectivity index (χ3n) is 2.73. The van der Waals surface area contributed by atoms with Crippen molar-refractivity contribution in [1.29, 1.82) is 0 Å². The van der Waals surface area contributed by atoms with Crippen LogP contribution < -0.4 is 0 Å². The molecule has 2 nitrogen and oxygen atoms in total. The molecular formula is C12H14O2. The van der Waals surface area contributed by atoms with Gasteiger partial charge in [0.2, 0.25) is 0 Å². The van der Waals surface area contributed by atoms with Gasteiger partial charge in [-0.2, -0.15) is 0 Å². The lowest BCUT2D eigenvalue weighted by Crippen LogP contribution is -2.11. The maximum absolute atomic E-state index is 11.5. The van der Waals surface area contributed by atoms with Crippen LogP contribution in [0.25, 0.3) is 0 Å². The van der Waals surface area contributed by atoms with Gasteiger partial charge in [-0.05, 0) is 17.5 Å². The maximum atomic E-state index is 11.5. The van der Waals surface area contributed by atoms with Crippen molar-refractivity contribution in [3.05, 3.63) is 35.4 Å². The standard InChI is InChI=1S/C12H14O2/c1-2-9-5-3-4-6-10(9)11-7-14-8-12(11)13/h3-6,11H,2,7-8H2,1H3. The van der Waals surface area contributed by atoms with Crippen LogP contribution in [0.3, 0.4) is 0 Å². The summed E-state index contributed by atoms with van der Waals surface area (Å²) >= 11 is 0. The number of carbonyl (C=O) groups excluding carboxylic acids is 1. The van der Waals surface area contributed by atoms with Crippen LogP contribution in [0.5, 0.6) is 0 Å². The molecule has 1 unspecified atom stereocenters. The van der Waals surface area contributed by atoms with E-state index in [-0.39, 0.29) is 18.3 Å². The smallest absolute Gasteiger partial charge is 0.168 e. The third kappa shape index (κ3) is 1.58. The number of rotatable bonds is 2. The maximum Gasteiger partial charge on any atom is 0.168 e. The zero-order chi connectivity index (χ0) is 9.97. The average Bonchev–Trinajstić information content (AvgIpc) is 2.64. The van der Waals surface area contributed by atoms with E-state index in [1.807, 2.05) is 18.2 Å². The Hall–Kier alpha value is -1.15. The zero-order valence-electron chi connectivity index (χ0n) is 8.32. The Bertz CT molecular complexity index is 344. The molecule has 0 aromatic heterocycles. The zero-order valence-corrected chi connectivity index (χ0v) is 8.32. The Balaban J connectivity index is 2.35. The summed E-state index contributed by atoms with van der Waals surface area (Å²) in [5.41, 5.74) is 2.41. The second kappa shape index (κ2) is 3.93. The van der Waals surface area contributed by atoms with Crippen molar-refractivity contribution in [3.8, 4) is 0 Å². The summed E-state index contributed by atoms with van der Waals surface area (Å²) in [6.45, 7) is 2.94. The Morgan fingerprint density at radius 3 is 2.86 bits per heavy atom. The summed E-state index contributed by atoms with van der Waals surface area (Å²) in [6.07, 6.45) is 0.972. The summed E-state index contributed by atoms with van der Waals surface area (Å²) in [4.78, 5) is 11.5. The van der Waals surface area contributed by atoms with Crippen LogP contribution in [-0.2, 0) is 16.0 Å². The molecule has 0 radical (unpaired) electrons. The van der Waals surface area contributed by atoms with Crippen molar-refractivity contribution in [2.24, 2.45) is 0 Å². The summed E-state index contributed by atoms with van der Waals surface area (Å²) < 4.78 is 5.17. The summed E-state index contributed by atoms with van der Waals surface area (Å²) in [6, 6.07) is 8.12. The lowest BCUT2D eigenvalue weighted by Gasteiger charge is -2.11. The first kappa shape index (κ1) is 9.41. The first-order valence-electron chi connectivity index (χ1n) is 5.01. The third-order valence-corrected chi connectivity index (χ3v) is 2.73. The number of benzene rings is 1. The molecule has 1 fully saturated rings. The average molecular weight is 190 g/mol. The number of Topliss-reactive ketones (excluding diaryl/α,β-unsaturated/α-hetero) is 1. The van der Waals surface area contributed by atoms with Crippen LogP contribution in [0, 0.1) is 0 Å². The molecule has 1 aliphatic heterocycles. The molecule has 0 spiro atoms. The van der Waals surface area contributed by atoms with E-state index in [0.717, 1.165) is 12.0 Å². The molecule has 0 bridgehead atoms. The Morgan fingerprint density at radius 2 is 2.21 bits per heavy atom. The first-order chi connectivity index (χ1) is 6.83. The van der Waals surface area contributed by atoms with Crippen molar-refractivity contribution in [2.45, 2.75) is 19.3 Å². The molecule has 1 heterocycles. The molecule has 2 rings (SSSR count). The molecule has 1 aromatic rings. The monoisotopic (exact) mass is 190 g/mol. The fraction of sp³-hybridized carbons (Fsp3) is 0.417. The van der Waals surface area contributed by atoms with E-state index in [1.54, 1.807) is 0 Å². The number of ether oxygens (including phenoxy) is 1. The van der Waals surface area contributed by atoms with Crippen LogP contribution in [0.2, 0.25) is 0 Å². The van der Waals surface area contributed by atoms with Gasteiger partial charge < -0.3 is 4.74 Å². The number of hydrogen-bond acceptors (Lipinski definition) is 2.